The number of nitrogens with one attached hydrogen (secondary N) is 1. The van der Waals surface area contributed by atoms with Gasteiger partial charge in [-0.3, -0.25) is 0 Å². The molecule has 1 N–H and O–H groups in total. The van der Waals surface area contributed by atoms with E-state index in [2.05, 4.69) is 37.4 Å². The molecule has 1 aromatic carbocycles. The van der Waals surface area contributed by atoms with Crippen molar-refractivity contribution in [1.82, 2.24) is 5.32 Å². The monoisotopic (exact) mass is 288 g/mol. The minimum Gasteiger partial charge on any atom is -0.313 e. The Morgan fingerprint density at radius 3 is 2.95 bits per heavy atom. The Morgan fingerprint density at radius 1 is 1.40 bits per heavy atom. The second-order valence-corrected chi connectivity index (χ2v) is 7.08. The first-order chi connectivity index (χ1) is 9.72. The highest BCUT2D eigenvalue weighted by Gasteiger charge is 2.20. The molecule has 0 amide bonds. The zero-order valence-corrected chi connectivity index (χ0v) is 13.3. The summed E-state index contributed by atoms with van der Waals surface area (Å²) in [4.78, 5) is 1.16. The molecule has 2 rings (SSSR count). The number of benzene rings is 1. The van der Waals surface area contributed by atoms with Gasteiger partial charge in [0.1, 0.15) is 6.07 Å². The lowest BCUT2D eigenvalue weighted by molar-refractivity contribution is 0.394. The summed E-state index contributed by atoms with van der Waals surface area (Å²) in [6.07, 6.45) is 5.27. The topological polar surface area (TPSA) is 35.8 Å². The predicted molar refractivity (Wildman–Crippen MR) is 85.8 cm³/mol. The summed E-state index contributed by atoms with van der Waals surface area (Å²) in [5.41, 5.74) is 2.04. The van der Waals surface area contributed by atoms with E-state index >= 15 is 0 Å². The lowest BCUT2D eigenvalue weighted by Crippen LogP contribution is -2.15. The number of hydrogen-bond donors (Lipinski definition) is 1. The number of nitrogens with zero attached hydrogens (tertiary/aromatic N) is 1. The van der Waals surface area contributed by atoms with E-state index in [1.807, 2.05) is 17.8 Å². The minimum absolute atomic E-state index is 0.686. The Kier molecular flexibility index (Phi) is 5.94. The number of thioether (sulfide) groups is 1. The second kappa shape index (κ2) is 7.71. The van der Waals surface area contributed by atoms with Crippen LogP contribution in [0.15, 0.2) is 23.1 Å². The van der Waals surface area contributed by atoms with Crippen LogP contribution in [0.3, 0.4) is 0 Å². The first-order valence-corrected chi connectivity index (χ1v) is 8.51. The van der Waals surface area contributed by atoms with E-state index in [9.17, 15) is 5.26 Å². The summed E-state index contributed by atoms with van der Waals surface area (Å²) in [5.74, 6) is 0.833. The maximum Gasteiger partial charge on any atom is 0.100 e. The third-order valence-electron chi connectivity index (χ3n) is 3.93. The maximum atomic E-state index is 9.37. The predicted octanol–water partition coefficient (Wildman–Crippen LogP) is 4.34. The maximum absolute atomic E-state index is 9.37. The van der Waals surface area contributed by atoms with Crippen LogP contribution in [0.5, 0.6) is 0 Å². The molecule has 1 aliphatic carbocycles. The number of hydrogen-bond acceptors (Lipinski definition) is 3. The molecule has 0 radical (unpaired) electrons. The molecule has 0 aliphatic heterocycles. The van der Waals surface area contributed by atoms with Crippen LogP contribution in [-0.4, -0.2) is 11.8 Å². The number of rotatable bonds is 5. The molecular formula is C17H24N2S. The van der Waals surface area contributed by atoms with Gasteiger partial charge >= 0.3 is 0 Å². The molecule has 2 atom stereocenters. The fourth-order valence-corrected chi connectivity index (χ4v) is 4.26. The smallest absolute Gasteiger partial charge is 0.100 e. The van der Waals surface area contributed by atoms with Crippen LogP contribution in [-0.2, 0) is 6.54 Å². The van der Waals surface area contributed by atoms with Crippen LogP contribution in [0.2, 0.25) is 0 Å². The van der Waals surface area contributed by atoms with Crippen molar-refractivity contribution in [3.8, 4) is 6.07 Å². The molecule has 1 aromatic rings. The third-order valence-corrected chi connectivity index (χ3v) is 5.30. The standard InChI is InChI=1S/C17H24N2S/c1-3-19-12-14-7-8-17(15(10-14)11-18)20-16-6-4-5-13(2)9-16/h7-8,10,13,16,19H,3-6,9,12H2,1-2H3. The molecule has 1 saturated carbocycles. The van der Waals surface area contributed by atoms with Crippen molar-refractivity contribution < 1.29 is 0 Å². The van der Waals surface area contributed by atoms with Gasteiger partial charge in [-0.2, -0.15) is 5.26 Å². The zero-order valence-electron chi connectivity index (χ0n) is 12.5. The number of nitriles is 1. The van der Waals surface area contributed by atoms with E-state index in [1.54, 1.807) is 0 Å². The third kappa shape index (κ3) is 4.26. The van der Waals surface area contributed by atoms with Crippen molar-refractivity contribution in [2.75, 3.05) is 6.54 Å². The van der Waals surface area contributed by atoms with Gasteiger partial charge in [-0.1, -0.05) is 32.8 Å². The molecule has 0 aromatic heterocycles. The van der Waals surface area contributed by atoms with Crippen LogP contribution in [0.25, 0.3) is 0 Å². The minimum atomic E-state index is 0.686. The Morgan fingerprint density at radius 2 is 2.25 bits per heavy atom. The summed E-state index contributed by atoms with van der Waals surface area (Å²) < 4.78 is 0. The van der Waals surface area contributed by atoms with E-state index in [1.165, 1.54) is 31.2 Å². The highest BCUT2D eigenvalue weighted by atomic mass is 32.2. The highest BCUT2D eigenvalue weighted by molar-refractivity contribution is 8.00. The van der Waals surface area contributed by atoms with Crippen molar-refractivity contribution >= 4 is 11.8 Å². The largest absolute Gasteiger partial charge is 0.313 e. The lowest BCUT2D eigenvalue weighted by atomic mass is 9.91. The van der Waals surface area contributed by atoms with E-state index < -0.39 is 0 Å². The van der Waals surface area contributed by atoms with Crippen molar-refractivity contribution in [3.05, 3.63) is 29.3 Å². The molecular weight excluding hydrogens is 264 g/mol. The van der Waals surface area contributed by atoms with Crippen LogP contribution in [0, 0.1) is 17.2 Å². The Bertz CT molecular complexity index is 478. The summed E-state index contributed by atoms with van der Waals surface area (Å²) >= 11 is 1.91. The zero-order chi connectivity index (χ0) is 14.4. The molecule has 0 saturated heterocycles. The molecule has 2 unspecified atom stereocenters. The summed E-state index contributed by atoms with van der Waals surface area (Å²) in [5, 5.41) is 13.4. The average molecular weight is 288 g/mol. The fourth-order valence-electron chi connectivity index (χ4n) is 2.81. The fraction of sp³-hybridized carbons (Fsp3) is 0.588. The van der Waals surface area contributed by atoms with Crippen molar-refractivity contribution in [1.29, 1.82) is 5.26 Å². The highest BCUT2D eigenvalue weighted by Crippen LogP contribution is 2.37. The average Bonchev–Trinajstić information content (AvgIpc) is 2.46. The second-order valence-electron chi connectivity index (χ2n) is 5.73. The van der Waals surface area contributed by atoms with Gasteiger partial charge in [-0.25, -0.2) is 0 Å². The molecule has 0 spiro atoms. The molecule has 20 heavy (non-hydrogen) atoms. The summed E-state index contributed by atoms with van der Waals surface area (Å²) in [7, 11) is 0. The van der Waals surface area contributed by atoms with Crippen molar-refractivity contribution in [2.45, 2.75) is 56.2 Å². The van der Waals surface area contributed by atoms with Gasteiger partial charge in [0, 0.05) is 16.7 Å². The molecule has 1 aliphatic rings. The molecule has 1 fully saturated rings. The first-order valence-electron chi connectivity index (χ1n) is 7.63. The summed E-state index contributed by atoms with van der Waals surface area (Å²) in [6.45, 7) is 6.24. The Hall–Kier alpha value is -0.980. The van der Waals surface area contributed by atoms with Gasteiger partial charge in [0.2, 0.25) is 0 Å². The molecule has 3 heteroatoms. The quantitative estimate of drug-likeness (QED) is 0.875. The Balaban J connectivity index is 2.05. The van der Waals surface area contributed by atoms with E-state index in [0.717, 1.165) is 29.5 Å². The van der Waals surface area contributed by atoms with Gasteiger partial charge in [0.05, 0.1) is 5.56 Å². The van der Waals surface area contributed by atoms with Gasteiger partial charge in [0.25, 0.3) is 0 Å². The lowest BCUT2D eigenvalue weighted by Gasteiger charge is -2.26. The normalized spacial score (nSPS) is 22.4. The van der Waals surface area contributed by atoms with E-state index in [0.29, 0.717) is 5.25 Å². The SMILES string of the molecule is CCNCc1ccc(SC2CCCC(C)C2)c(C#N)c1. The van der Waals surface area contributed by atoms with Gasteiger partial charge < -0.3 is 5.32 Å². The van der Waals surface area contributed by atoms with E-state index in [-0.39, 0.29) is 0 Å². The van der Waals surface area contributed by atoms with Crippen LogP contribution >= 0.6 is 11.8 Å². The molecule has 2 nitrogen and oxygen atoms in total. The van der Waals surface area contributed by atoms with Gasteiger partial charge in [-0.15, -0.1) is 11.8 Å². The van der Waals surface area contributed by atoms with Crippen LogP contribution in [0.4, 0.5) is 0 Å². The van der Waals surface area contributed by atoms with Gasteiger partial charge in [0.15, 0.2) is 0 Å². The van der Waals surface area contributed by atoms with Crippen molar-refractivity contribution in [3.63, 3.8) is 0 Å². The molecule has 0 heterocycles. The molecule has 0 bridgehead atoms. The molecule has 108 valence electrons. The van der Waals surface area contributed by atoms with Crippen molar-refractivity contribution in [2.24, 2.45) is 5.92 Å². The van der Waals surface area contributed by atoms with Crippen LogP contribution < -0.4 is 5.32 Å². The van der Waals surface area contributed by atoms with Gasteiger partial charge in [-0.05, 0) is 43.0 Å². The van der Waals surface area contributed by atoms with E-state index in [4.69, 9.17) is 0 Å². The van der Waals surface area contributed by atoms with Crippen LogP contribution in [0.1, 0.15) is 50.7 Å². The Labute approximate surface area is 127 Å². The summed E-state index contributed by atoms with van der Waals surface area (Å²) in [6, 6.07) is 8.69. The first kappa shape index (κ1) is 15.4.